The van der Waals surface area contributed by atoms with Gasteiger partial charge in [-0.3, -0.25) is 4.79 Å². The van der Waals surface area contributed by atoms with Crippen LogP contribution in [0.15, 0.2) is 18.2 Å². The molecule has 2 heterocycles. The molecule has 0 unspecified atom stereocenters. The summed E-state index contributed by atoms with van der Waals surface area (Å²) < 4.78 is 12.3. The summed E-state index contributed by atoms with van der Waals surface area (Å²) in [5.74, 6) is 0.823. The molecule has 148 valence electrons. The fourth-order valence-electron chi connectivity index (χ4n) is 3.21. The topological polar surface area (TPSA) is 77.8 Å². The summed E-state index contributed by atoms with van der Waals surface area (Å²) in [5.41, 5.74) is 5.15. The average Bonchev–Trinajstić information content (AvgIpc) is 3.02. The standard InChI is InChI=1S/C20H23ClN4O3/c1-11-8-19-22-12(2)14(13(3)25(19)24-11)6-7-20(26)23-16-9-15(21)17(27-4)10-18(16)28-5/h8-10H,6-7H2,1-5H3,(H,23,26). The monoisotopic (exact) mass is 402 g/mol. The van der Waals surface area contributed by atoms with Gasteiger partial charge in [0, 0.05) is 29.9 Å². The third-order valence-corrected chi connectivity index (χ3v) is 4.93. The summed E-state index contributed by atoms with van der Waals surface area (Å²) in [6, 6.07) is 5.20. The van der Waals surface area contributed by atoms with Crippen molar-refractivity contribution >= 4 is 28.8 Å². The molecule has 3 rings (SSSR count). The van der Waals surface area contributed by atoms with Gasteiger partial charge in [0.25, 0.3) is 0 Å². The molecular weight excluding hydrogens is 380 g/mol. The second-order valence-corrected chi connectivity index (χ2v) is 6.96. The van der Waals surface area contributed by atoms with Gasteiger partial charge in [-0.1, -0.05) is 11.6 Å². The van der Waals surface area contributed by atoms with Crippen LogP contribution in [-0.2, 0) is 11.2 Å². The van der Waals surface area contributed by atoms with Gasteiger partial charge in [-0.2, -0.15) is 5.10 Å². The smallest absolute Gasteiger partial charge is 0.224 e. The number of anilines is 1. The van der Waals surface area contributed by atoms with E-state index in [1.165, 1.54) is 14.2 Å². The molecule has 3 aromatic rings. The molecule has 0 atom stereocenters. The normalized spacial score (nSPS) is 10.9. The van der Waals surface area contributed by atoms with E-state index in [-0.39, 0.29) is 5.91 Å². The highest BCUT2D eigenvalue weighted by Gasteiger charge is 2.15. The number of aromatic nitrogens is 3. The molecule has 0 bridgehead atoms. The van der Waals surface area contributed by atoms with Crippen molar-refractivity contribution in [3.05, 3.63) is 45.9 Å². The largest absolute Gasteiger partial charge is 0.495 e. The van der Waals surface area contributed by atoms with Gasteiger partial charge in [-0.05, 0) is 38.8 Å². The third kappa shape index (κ3) is 3.89. The lowest BCUT2D eigenvalue weighted by molar-refractivity contribution is -0.116. The van der Waals surface area contributed by atoms with E-state index in [0.29, 0.717) is 35.1 Å². The average molecular weight is 403 g/mol. The van der Waals surface area contributed by atoms with Crippen molar-refractivity contribution in [2.24, 2.45) is 0 Å². The summed E-state index contributed by atoms with van der Waals surface area (Å²) in [7, 11) is 3.05. The van der Waals surface area contributed by atoms with Crippen LogP contribution < -0.4 is 14.8 Å². The maximum Gasteiger partial charge on any atom is 0.224 e. The highest BCUT2D eigenvalue weighted by molar-refractivity contribution is 6.32. The van der Waals surface area contributed by atoms with Crippen molar-refractivity contribution in [1.29, 1.82) is 0 Å². The number of rotatable bonds is 6. The number of carbonyl (C=O) groups excluding carboxylic acids is 1. The molecule has 0 fully saturated rings. The number of nitrogens with one attached hydrogen (secondary N) is 1. The van der Waals surface area contributed by atoms with Crippen LogP contribution in [0.25, 0.3) is 5.65 Å². The molecule has 2 aromatic heterocycles. The van der Waals surface area contributed by atoms with Gasteiger partial charge in [0.2, 0.25) is 5.91 Å². The Morgan fingerprint density at radius 2 is 1.86 bits per heavy atom. The van der Waals surface area contributed by atoms with E-state index >= 15 is 0 Å². The highest BCUT2D eigenvalue weighted by Crippen LogP contribution is 2.36. The Bertz CT molecular complexity index is 1050. The molecule has 1 N–H and O–H groups in total. The number of carbonyl (C=O) groups is 1. The zero-order valence-corrected chi connectivity index (χ0v) is 17.3. The van der Waals surface area contributed by atoms with E-state index in [1.807, 2.05) is 31.4 Å². The summed E-state index contributed by atoms with van der Waals surface area (Å²) in [4.78, 5) is 17.1. The molecule has 0 saturated carbocycles. The highest BCUT2D eigenvalue weighted by atomic mass is 35.5. The van der Waals surface area contributed by atoms with E-state index in [2.05, 4.69) is 15.4 Å². The Kier molecular flexibility index (Phi) is 5.74. The number of nitrogens with zero attached hydrogens (tertiary/aromatic N) is 3. The summed E-state index contributed by atoms with van der Waals surface area (Å²) in [6.07, 6.45) is 0.847. The Morgan fingerprint density at radius 1 is 1.14 bits per heavy atom. The third-order valence-electron chi connectivity index (χ3n) is 4.64. The fourth-order valence-corrected chi connectivity index (χ4v) is 3.45. The molecular formula is C20H23ClN4O3. The van der Waals surface area contributed by atoms with Gasteiger partial charge in [-0.25, -0.2) is 9.50 Å². The van der Waals surface area contributed by atoms with Crippen LogP contribution in [0.1, 0.15) is 29.1 Å². The SMILES string of the molecule is COc1cc(OC)c(NC(=O)CCc2c(C)nc3cc(C)nn3c2C)cc1Cl. The number of benzene rings is 1. The molecule has 8 heteroatoms. The van der Waals surface area contributed by atoms with Gasteiger partial charge in [0.15, 0.2) is 5.65 Å². The number of aryl methyl sites for hydroxylation is 3. The van der Waals surface area contributed by atoms with Gasteiger partial charge >= 0.3 is 0 Å². The van der Waals surface area contributed by atoms with Crippen LogP contribution in [0.2, 0.25) is 5.02 Å². The lowest BCUT2D eigenvalue weighted by Gasteiger charge is -2.14. The van der Waals surface area contributed by atoms with Crippen molar-refractivity contribution in [2.75, 3.05) is 19.5 Å². The second-order valence-electron chi connectivity index (χ2n) is 6.55. The number of halogens is 1. The van der Waals surface area contributed by atoms with Crippen molar-refractivity contribution in [1.82, 2.24) is 14.6 Å². The van der Waals surface area contributed by atoms with Crippen molar-refractivity contribution in [2.45, 2.75) is 33.6 Å². The first-order chi connectivity index (χ1) is 13.3. The minimum atomic E-state index is -0.143. The van der Waals surface area contributed by atoms with Gasteiger partial charge in [0.05, 0.1) is 30.6 Å². The first-order valence-electron chi connectivity index (χ1n) is 8.88. The number of amides is 1. The van der Waals surface area contributed by atoms with E-state index in [0.717, 1.165) is 28.3 Å². The summed E-state index contributed by atoms with van der Waals surface area (Å²) in [5, 5.41) is 7.72. The van der Waals surface area contributed by atoms with Crippen LogP contribution in [-0.4, -0.2) is 34.7 Å². The minimum absolute atomic E-state index is 0.143. The lowest BCUT2D eigenvalue weighted by atomic mass is 10.1. The first-order valence-corrected chi connectivity index (χ1v) is 9.25. The van der Waals surface area contributed by atoms with Crippen molar-refractivity contribution in [3.63, 3.8) is 0 Å². The molecule has 0 aliphatic heterocycles. The van der Waals surface area contributed by atoms with E-state index in [9.17, 15) is 4.79 Å². The van der Waals surface area contributed by atoms with Crippen LogP contribution >= 0.6 is 11.6 Å². The van der Waals surface area contributed by atoms with Crippen LogP contribution in [0.3, 0.4) is 0 Å². The Labute approximate surface area is 168 Å². The molecule has 1 amide bonds. The summed E-state index contributed by atoms with van der Waals surface area (Å²) in [6.45, 7) is 5.88. The number of hydrogen-bond donors (Lipinski definition) is 1. The van der Waals surface area contributed by atoms with E-state index in [4.69, 9.17) is 21.1 Å². The zero-order valence-electron chi connectivity index (χ0n) is 16.6. The predicted molar refractivity (Wildman–Crippen MR) is 109 cm³/mol. The van der Waals surface area contributed by atoms with Gasteiger partial charge in [0.1, 0.15) is 11.5 Å². The molecule has 0 spiro atoms. The maximum absolute atomic E-state index is 12.5. The molecule has 0 saturated heterocycles. The molecule has 1 aromatic carbocycles. The number of fused-ring (bicyclic) bond motifs is 1. The Balaban J connectivity index is 1.76. The minimum Gasteiger partial charge on any atom is -0.495 e. The number of methoxy groups -OCH3 is 2. The summed E-state index contributed by atoms with van der Waals surface area (Å²) >= 11 is 6.16. The fraction of sp³-hybridized carbons (Fsp3) is 0.350. The van der Waals surface area contributed by atoms with Crippen molar-refractivity contribution < 1.29 is 14.3 Å². The van der Waals surface area contributed by atoms with Crippen LogP contribution in [0.4, 0.5) is 5.69 Å². The van der Waals surface area contributed by atoms with Crippen molar-refractivity contribution in [3.8, 4) is 11.5 Å². The Hall–Kier alpha value is -2.80. The maximum atomic E-state index is 12.5. The van der Waals surface area contributed by atoms with E-state index < -0.39 is 0 Å². The van der Waals surface area contributed by atoms with E-state index in [1.54, 1.807) is 12.1 Å². The number of hydrogen-bond acceptors (Lipinski definition) is 5. The Morgan fingerprint density at radius 3 is 2.54 bits per heavy atom. The quantitative estimate of drug-likeness (QED) is 0.676. The first kappa shape index (κ1) is 19.9. The molecule has 0 aliphatic rings. The van der Waals surface area contributed by atoms with Gasteiger partial charge in [-0.15, -0.1) is 0 Å². The molecule has 28 heavy (non-hydrogen) atoms. The zero-order chi connectivity index (χ0) is 20.4. The van der Waals surface area contributed by atoms with Crippen LogP contribution in [0, 0.1) is 20.8 Å². The predicted octanol–water partition coefficient (Wildman–Crippen LogP) is 3.90. The number of ether oxygens (including phenoxy) is 2. The van der Waals surface area contributed by atoms with Gasteiger partial charge < -0.3 is 14.8 Å². The molecule has 0 aliphatic carbocycles. The second kappa shape index (κ2) is 8.06. The molecule has 7 nitrogen and oxygen atoms in total. The molecule has 0 radical (unpaired) electrons. The lowest BCUT2D eigenvalue weighted by Crippen LogP contribution is -2.15. The van der Waals surface area contributed by atoms with Crippen LogP contribution in [0.5, 0.6) is 11.5 Å².